The van der Waals surface area contributed by atoms with Gasteiger partial charge in [0.25, 0.3) is 0 Å². The molecule has 0 unspecified atom stereocenters. The van der Waals surface area contributed by atoms with E-state index in [9.17, 15) is 4.79 Å². The summed E-state index contributed by atoms with van der Waals surface area (Å²) in [4.78, 5) is 11.6. The van der Waals surface area contributed by atoms with Crippen LogP contribution in [0, 0.1) is 0 Å². The molecule has 0 saturated heterocycles. The van der Waals surface area contributed by atoms with Crippen molar-refractivity contribution < 1.29 is 4.79 Å². The first-order valence-corrected chi connectivity index (χ1v) is 5.03. The van der Waals surface area contributed by atoms with Crippen molar-refractivity contribution in [3.05, 3.63) is 16.5 Å². The van der Waals surface area contributed by atoms with Crippen LogP contribution < -0.4 is 5.32 Å². The largest absolute Gasteiger partial charge is 0.320 e. The van der Waals surface area contributed by atoms with Crippen LogP contribution in [0.15, 0.2) is 6.07 Å². The number of fused-ring (bicyclic) bond motifs is 1. The molecule has 0 fully saturated rings. The second-order valence-corrected chi connectivity index (χ2v) is 4.17. The van der Waals surface area contributed by atoms with Crippen molar-refractivity contribution in [2.45, 2.75) is 25.7 Å². The highest BCUT2D eigenvalue weighted by Crippen LogP contribution is 2.32. The highest BCUT2D eigenvalue weighted by Gasteiger charge is 2.12. The number of anilines is 1. The van der Waals surface area contributed by atoms with Crippen LogP contribution in [0.2, 0.25) is 0 Å². The minimum Gasteiger partial charge on any atom is -0.320 e. The van der Waals surface area contributed by atoms with Crippen molar-refractivity contribution in [2.75, 3.05) is 5.32 Å². The third-order valence-corrected chi connectivity index (χ3v) is 3.37. The summed E-state index contributed by atoms with van der Waals surface area (Å²) in [7, 11) is 0. The van der Waals surface area contributed by atoms with Crippen LogP contribution >= 0.6 is 11.3 Å². The van der Waals surface area contributed by atoms with E-state index in [0.29, 0.717) is 0 Å². The number of hydrogen-bond donors (Lipinski definition) is 1. The molecule has 2 nitrogen and oxygen atoms in total. The maximum absolute atomic E-state index is 10.2. The molecule has 0 saturated carbocycles. The fraction of sp³-hybridized carbons (Fsp3) is 0.444. The molecule has 0 atom stereocenters. The zero-order chi connectivity index (χ0) is 8.39. The molecule has 1 N–H and O–H groups in total. The topological polar surface area (TPSA) is 29.1 Å². The maximum Gasteiger partial charge on any atom is 0.212 e. The van der Waals surface area contributed by atoms with Crippen molar-refractivity contribution in [2.24, 2.45) is 0 Å². The lowest BCUT2D eigenvalue weighted by molar-refractivity contribution is -0.105. The Morgan fingerprint density at radius 2 is 2.25 bits per heavy atom. The molecule has 2 rings (SSSR count). The Kier molecular flexibility index (Phi) is 2.13. The van der Waals surface area contributed by atoms with Crippen LogP contribution in [0.4, 0.5) is 5.00 Å². The van der Waals surface area contributed by atoms with Crippen LogP contribution in [-0.2, 0) is 17.6 Å². The summed E-state index contributed by atoms with van der Waals surface area (Å²) in [5.74, 6) is 0. The summed E-state index contributed by atoms with van der Waals surface area (Å²) in [6.45, 7) is 0. The summed E-state index contributed by atoms with van der Waals surface area (Å²) in [6, 6.07) is 2.10. The number of hydrogen-bond acceptors (Lipinski definition) is 2. The first-order chi connectivity index (χ1) is 5.90. The number of rotatable bonds is 2. The quantitative estimate of drug-likeness (QED) is 0.696. The van der Waals surface area contributed by atoms with Crippen molar-refractivity contribution in [1.82, 2.24) is 0 Å². The van der Waals surface area contributed by atoms with Gasteiger partial charge >= 0.3 is 0 Å². The van der Waals surface area contributed by atoms with Crippen molar-refractivity contribution in [1.29, 1.82) is 0 Å². The van der Waals surface area contributed by atoms with E-state index in [4.69, 9.17) is 0 Å². The number of nitrogens with one attached hydrogen (secondary N) is 1. The average molecular weight is 181 g/mol. The predicted octanol–water partition coefficient (Wildman–Crippen LogP) is 2.20. The van der Waals surface area contributed by atoms with Gasteiger partial charge in [-0.1, -0.05) is 0 Å². The molecular formula is C9H11NOS. The fourth-order valence-corrected chi connectivity index (χ4v) is 2.73. The predicted molar refractivity (Wildman–Crippen MR) is 50.6 cm³/mol. The Hall–Kier alpha value is -0.830. The van der Waals surface area contributed by atoms with E-state index in [2.05, 4.69) is 11.4 Å². The number of carbonyl (C=O) groups excluding carboxylic acids is 1. The van der Waals surface area contributed by atoms with Gasteiger partial charge in [0.2, 0.25) is 6.41 Å². The average Bonchev–Trinajstić information content (AvgIpc) is 2.47. The molecule has 64 valence electrons. The fourth-order valence-electron chi connectivity index (χ4n) is 1.62. The van der Waals surface area contributed by atoms with Gasteiger partial charge in [0.05, 0.1) is 5.00 Å². The molecule has 1 amide bonds. The molecule has 0 spiro atoms. The highest BCUT2D eigenvalue weighted by atomic mass is 32.1. The minimum absolute atomic E-state index is 0.747. The lowest BCUT2D eigenvalue weighted by Crippen LogP contribution is -1.96. The van der Waals surface area contributed by atoms with Crippen molar-refractivity contribution in [3.63, 3.8) is 0 Å². The lowest BCUT2D eigenvalue weighted by atomic mass is 10.00. The molecule has 3 heteroatoms. The molecule has 0 aliphatic heterocycles. The zero-order valence-electron chi connectivity index (χ0n) is 6.80. The van der Waals surface area contributed by atoms with Gasteiger partial charge < -0.3 is 5.32 Å². The van der Waals surface area contributed by atoms with Crippen LogP contribution in [0.5, 0.6) is 0 Å². The molecule has 1 aromatic rings. The summed E-state index contributed by atoms with van der Waals surface area (Å²) in [5, 5.41) is 3.70. The van der Waals surface area contributed by atoms with Crippen molar-refractivity contribution in [3.8, 4) is 0 Å². The summed E-state index contributed by atoms with van der Waals surface area (Å²) >= 11 is 1.72. The second kappa shape index (κ2) is 3.27. The van der Waals surface area contributed by atoms with Gasteiger partial charge in [-0.2, -0.15) is 0 Å². The molecule has 1 aromatic heterocycles. The van der Waals surface area contributed by atoms with E-state index in [1.54, 1.807) is 11.3 Å². The molecule has 1 aliphatic carbocycles. The van der Waals surface area contributed by atoms with Gasteiger partial charge in [-0.05, 0) is 37.3 Å². The standard InChI is InChI=1S/C9H11NOS/c11-6-10-9-5-7-3-1-2-4-8(7)12-9/h5-6H,1-4H2,(H,10,11). The number of aryl methyl sites for hydroxylation is 2. The Bertz CT molecular complexity index is 269. The van der Waals surface area contributed by atoms with E-state index < -0.39 is 0 Å². The third kappa shape index (κ3) is 1.37. The van der Waals surface area contributed by atoms with Crippen LogP contribution in [-0.4, -0.2) is 6.41 Å². The lowest BCUT2D eigenvalue weighted by Gasteiger charge is -2.08. The molecule has 0 radical (unpaired) electrons. The monoisotopic (exact) mass is 181 g/mol. The van der Waals surface area contributed by atoms with Crippen LogP contribution in [0.25, 0.3) is 0 Å². The summed E-state index contributed by atoms with van der Waals surface area (Å²) in [6.07, 6.45) is 5.72. The van der Waals surface area contributed by atoms with Gasteiger partial charge in [-0.3, -0.25) is 4.79 Å². The first kappa shape index (κ1) is 7.80. The van der Waals surface area contributed by atoms with Crippen LogP contribution in [0.1, 0.15) is 23.3 Å². The number of amides is 1. The first-order valence-electron chi connectivity index (χ1n) is 4.22. The molecule has 1 aliphatic rings. The number of thiophene rings is 1. The highest BCUT2D eigenvalue weighted by molar-refractivity contribution is 7.16. The zero-order valence-corrected chi connectivity index (χ0v) is 7.62. The van der Waals surface area contributed by atoms with E-state index in [0.717, 1.165) is 11.4 Å². The smallest absolute Gasteiger partial charge is 0.212 e. The van der Waals surface area contributed by atoms with E-state index in [-0.39, 0.29) is 0 Å². The van der Waals surface area contributed by atoms with E-state index in [1.807, 2.05) is 0 Å². The molecule has 12 heavy (non-hydrogen) atoms. The molecule has 0 bridgehead atoms. The Morgan fingerprint density at radius 3 is 3.00 bits per heavy atom. The maximum atomic E-state index is 10.2. The molecule has 0 aromatic carbocycles. The van der Waals surface area contributed by atoms with Gasteiger partial charge in [-0.15, -0.1) is 11.3 Å². The summed E-state index contributed by atoms with van der Waals surface area (Å²) < 4.78 is 0. The van der Waals surface area contributed by atoms with Gasteiger partial charge in [0.1, 0.15) is 0 Å². The Balaban J connectivity index is 2.25. The van der Waals surface area contributed by atoms with Crippen molar-refractivity contribution >= 4 is 22.7 Å². The Morgan fingerprint density at radius 1 is 1.42 bits per heavy atom. The van der Waals surface area contributed by atoms with E-state index in [1.165, 1.54) is 36.1 Å². The van der Waals surface area contributed by atoms with Gasteiger partial charge in [-0.25, -0.2) is 0 Å². The molecular weight excluding hydrogens is 170 g/mol. The van der Waals surface area contributed by atoms with Gasteiger partial charge in [0.15, 0.2) is 0 Å². The van der Waals surface area contributed by atoms with E-state index >= 15 is 0 Å². The van der Waals surface area contributed by atoms with Gasteiger partial charge in [0, 0.05) is 4.88 Å². The Labute approximate surface area is 75.6 Å². The summed E-state index contributed by atoms with van der Waals surface area (Å²) in [5.41, 5.74) is 1.44. The minimum atomic E-state index is 0.747. The SMILES string of the molecule is O=CNc1cc2c(s1)CCCC2. The third-order valence-electron chi connectivity index (χ3n) is 2.20. The second-order valence-electron chi connectivity index (χ2n) is 3.03. The number of carbonyl (C=O) groups is 1. The van der Waals surface area contributed by atoms with Crippen LogP contribution in [0.3, 0.4) is 0 Å². The normalized spacial score (nSPS) is 15.3. The molecule has 1 heterocycles.